The second kappa shape index (κ2) is 8.86. The molecule has 0 saturated carbocycles. The van der Waals surface area contributed by atoms with Gasteiger partial charge in [0, 0.05) is 19.6 Å². The summed E-state index contributed by atoms with van der Waals surface area (Å²) in [5.74, 6) is -1.58. The van der Waals surface area contributed by atoms with E-state index in [0.717, 1.165) is 0 Å². The van der Waals surface area contributed by atoms with E-state index in [0.29, 0.717) is 24.9 Å². The third-order valence-electron chi connectivity index (χ3n) is 2.78. The Morgan fingerprint density at radius 2 is 1.65 bits per heavy atom. The highest BCUT2D eigenvalue weighted by molar-refractivity contribution is 7.89. The second-order valence-electron chi connectivity index (χ2n) is 4.55. The maximum Gasteiger partial charge on any atom is 0.309 e. The van der Waals surface area contributed by atoms with Crippen molar-refractivity contribution in [2.75, 3.05) is 13.1 Å². The van der Waals surface area contributed by atoms with Gasteiger partial charge in [-0.1, -0.05) is 12.1 Å². The third kappa shape index (κ3) is 6.89. The van der Waals surface area contributed by atoms with Crippen LogP contribution >= 0.6 is 0 Å². The molecule has 3 amide bonds. The van der Waals surface area contributed by atoms with Crippen LogP contribution in [0.3, 0.4) is 0 Å². The number of nitrogens with one attached hydrogen (secondary N) is 3. The predicted molar refractivity (Wildman–Crippen MR) is 81.4 cm³/mol. The molecule has 126 valence electrons. The molecule has 0 atom stereocenters. The summed E-state index contributed by atoms with van der Waals surface area (Å²) in [6.45, 7) is 0.738. The van der Waals surface area contributed by atoms with Gasteiger partial charge in [-0.05, 0) is 24.1 Å². The zero-order valence-electron chi connectivity index (χ0n) is 12.2. The first-order chi connectivity index (χ1) is 10.8. The van der Waals surface area contributed by atoms with Crippen LogP contribution in [0.5, 0.6) is 0 Å². The molecule has 0 aliphatic rings. The molecule has 0 aromatic heterocycles. The monoisotopic (exact) mass is 342 g/mol. The Bertz CT molecular complexity index is 657. The van der Waals surface area contributed by atoms with E-state index in [4.69, 9.17) is 5.14 Å². The normalized spacial score (nSPS) is 10.7. The number of benzene rings is 1. The highest BCUT2D eigenvalue weighted by Gasteiger charge is 2.12. The maximum absolute atomic E-state index is 11.6. The summed E-state index contributed by atoms with van der Waals surface area (Å²) in [6.07, 6.45) is 1.06. The average molecular weight is 342 g/mol. The average Bonchev–Trinajstić information content (AvgIpc) is 2.51. The Kier molecular flexibility index (Phi) is 7.16. The fourth-order valence-electron chi connectivity index (χ4n) is 1.59. The molecule has 0 spiro atoms. The number of hydrogen-bond acceptors (Lipinski definition) is 5. The van der Waals surface area contributed by atoms with Crippen molar-refractivity contribution >= 4 is 28.2 Å². The first-order valence-corrected chi connectivity index (χ1v) is 8.24. The molecule has 0 saturated heterocycles. The number of amides is 3. The molecule has 0 fully saturated rings. The predicted octanol–water partition coefficient (Wildman–Crippen LogP) is -1.80. The number of carbonyl (C=O) groups excluding carboxylic acids is 3. The van der Waals surface area contributed by atoms with E-state index < -0.39 is 21.8 Å². The zero-order chi connectivity index (χ0) is 17.3. The van der Waals surface area contributed by atoms with Crippen molar-refractivity contribution in [3.05, 3.63) is 29.8 Å². The van der Waals surface area contributed by atoms with Crippen LogP contribution in [-0.2, 0) is 31.0 Å². The molecule has 0 bridgehead atoms. The number of primary sulfonamides is 1. The Hall–Kier alpha value is -2.46. The van der Waals surface area contributed by atoms with Gasteiger partial charge in [0.1, 0.15) is 0 Å². The SMILES string of the molecule is NS(=O)(=O)c1ccc(CNC(=O)C(=O)NCCCNC=O)cc1. The van der Waals surface area contributed by atoms with Gasteiger partial charge in [-0.25, -0.2) is 13.6 Å². The van der Waals surface area contributed by atoms with Gasteiger partial charge in [0.25, 0.3) is 0 Å². The fourth-order valence-corrected chi connectivity index (χ4v) is 2.11. The minimum absolute atomic E-state index is 0.0331. The van der Waals surface area contributed by atoms with Crippen molar-refractivity contribution in [3.8, 4) is 0 Å². The van der Waals surface area contributed by atoms with Gasteiger partial charge in [-0.2, -0.15) is 0 Å². The van der Waals surface area contributed by atoms with Crippen LogP contribution in [-0.4, -0.2) is 39.7 Å². The van der Waals surface area contributed by atoms with Crippen LogP contribution in [0.4, 0.5) is 0 Å². The van der Waals surface area contributed by atoms with Crippen LogP contribution in [0.15, 0.2) is 29.2 Å². The summed E-state index contributed by atoms with van der Waals surface area (Å²) in [6, 6.07) is 5.61. The van der Waals surface area contributed by atoms with Crippen LogP contribution in [0.25, 0.3) is 0 Å². The van der Waals surface area contributed by atoms with Crippen LogP contribution in [0.1, 0.15) is 12.0 Å². The second-order valence-corrected chi connectivity index (χ2v) is 6.11. The minimum atomic E-state index is -3.76. The molecule has 0 aliphatic heterocycles. The van der Waals surface area contributed by atoms with Gasteiger partial charge < -0.3 is 16.0 Å². The van der Waals surface area contributed by atoms with Crippen LogP contribution in [0, 0.1) is 0 Å². The summed E-state index contributed by atoms with van der Waals surface area (Å²) in [7, 11) is -3.76. The van der Waals surface area contributed by atoms with Gasteiger partial charge in [-0.3, -0.25) is 14.4 Å². The summed E-state index contributed by atoms with van der Waals surface area (Å²) in [5.41, 5.74) is 0.619. The van der Waals surface area contributed by atoms with Gasteiger partial charge in [-0.15, -0.1) is 0 Å². The van der Waals surface area contributed by atoms with Crippen molar-refractivity contribution in [2.24, 2.45) is 5.14 Å². The Balaban J connectivity index is 2.37. The standard InChI is InChI=1S/C13H18N4O5S/c14-23(21,22)11-4-2-10(3-5-11)8-17-13(20)12(19)16-7-1-6-15-9-18/h2-5,9H,1,6-8H2,(H,15,18)(H,16,19)(H,17,20)(H2,14,21,22). The topological polar surface area (TPSA) is 147 Å². The molecule has 10 heteroatoms. The van der Waals surface area contributed by atoms with E-state index >= 15 is 0 Å². The zero-order valence-corrected chi connectivity index (χ0v) is 13.1. The molecule has 0 unspecified atom stereocenters. The van der Waals surface area contributed by atoms with E-state index in [-0.39, 0.29) is 18.0 Å². The fraction of sp³-hybridized carbons (Fsp3) is 0.308. The molecule has 0 heterocycles. The summed E-state index contributed by atoms with van der Waals surface area (Å²) >= 11 is 0. The minimum Gasteiger partial charge on any atom is -0.359 e. The number of sulfonamides is 1. The Labute approximate surface area is 133 Å². The highest BCUT2D eigenvalue weighted by Crippen LogP contribution is 2.08. The smallest absolute Gasteiger partial charge is 0.309 e. The van der Waals surface area contributed by atoms with Crippen molar-refractivity contribution in [3.63, 3.8) is 0 Å². The summed E-state index contributed by atoms with van der Waals surface area (Å²) < 4.78 is 22.2. The van der Waals surface area contributed by atoms with E-state index in [1.165, 1.54) is 24.3 Å². The Morgan fingerprint density at radius 3 is 2.22 bits per heavy atom. The number of nitrogens with two attached hydrogens (primary N) is 1. The lowest BCUT2D eigenvalue weighted by Gasteiger charge is -2.07. The highest BCUT2D eigenvalue weighted by atomic mass is 32.2. The van der Waals surface area contributed by atoms with Gasteiger partial charge in [0.05, 0.1) is 4.90 Å². The van der Waals surface area contributed by atoms with E-state index in [1.807, 2.05) is 0 Å². The lowest BCUT2D eigenvalue weighted by Crippen LogP contribution is -2.40. The number of hydrogen-bond donors (Lipinski definition) is 4. The maximum atomic E-state index is 11.6. The summed E-state index contributed by atoms with van der Waals surface area (Å²) in [5, 5.41) is 12.2. The molecule has 1 aromatic carbocycles. The molecule has 1 rings (SSSR count). The third-order valence-corrected chi connectivity index (χ3v) is 3.71. The first kappa shape index (κ1) is 18.6. The van der Waals surface area contributed by atoms with Gasteiger partial charge >= 0.3 is 11.8 Å². The molecular weight excluding hydrogens is 324 g/mol. The van der Waals surface area contributed by atoms with E-state index in [2.05, 4.69) is 16.0 Å². The summed E-state index contributed by atoms with van der Waals surface area (Å²) in [4.78, 5) is 33.0. The van der Waals surface area contributed by atoms with Crippen molar-refractivity contribution < 1.29 is 22.8 Å². The Morgan fingerprint density at radius 1 is 1.04 bits per heavy atom. The molecule has 1 aromatic rings. The quantitative estimate of drug-likeness (QED) is 0.250. The molecule has 0 radical (unpaired) electrons. The molecule has 5 N–H and O–H groups in total. The van der Waals surface area contributed by atoms with Gasteiger partial charge in [0.2, 0.25) is 16.4 Å². The van der Waals surface area contributed by atoms with Crippen molar-refractivity contribution in [1.82, 2.24) is 16.0 Å². The van der Waals surface area contributed by atoms with Crippen LogP contribution in [0.2, 0.25) is 0 Å². The lowest BCUT2D eigenvalue weighted by molar-refractivity contribution is -0.139. The molecular formula is C13H18N4O5S. The molecule has 0 aliphatic carbocycles. The van der Waals surface area contributed by atoms with E-state index in [9.17, 15) is 22.8 Å². The molecule has 9 nitrogen and oxygen atoms in total. The van der Waals surface area contributed by atoms with Crippen LogP contribution < -0.4 is 21.1 Å². The number of rotatable bonds is 8. The largest absolute Gasteiger partial charge is 0.359 e. The first-order valence-electron chi connectivity index (χ1n) is 6.69. The van der Waals surface area contributed by atoms with Crippen molar-refractivity contribution in [1.29, 1.82) is 0 Å². The molecule has 23 heavy (non-hydrogen) atoms. The van der Waals surface area contributed by atoms with Gasteiger partial charge in [0.15, 0.2) is 0 Å². The van der Waals surface area contributed by atoms with Crippen molar-refractivity contribution in [2.45, 2.75) is 17.9 Å². The lowest BCUT2D eigenvalue weighted by atomic mass is 10.2. The van der Waals surface area contributed by atoms with E-state index in [1.54, 1.807) is 0 Å². The number of carbonyl (C=O) groups is 3.